The van der Waals surface area contributed by atoms with Crippen LogP contribution in [0.2, 0.25) is 0 Å². The first-order chi connectivity index (χ1) is 11.2. The minimum atomic E-state index is -5.61. The minimum Gasteiger partial charge on any atom is -0.444 e. The molecule has 0 bridgehead atoms. The molecule has 0 aromatic rings. The first-order valence-electron chi connectivity index (χ1n) is 7.91. The fourth-order valence-corrected chi connectivity index (χ4v) is 3.65. The van der Waals surface area contributed by atoms with Crippen LogP contribution in [0.1, 0.15) is 52.9 Å². The lowest BCUT2D eigenvalue weighted by atomic mass is 9.59. The van der Waals surface area contributed by atoms with Crippen LogP contribution in [0.3, 0.4) is 0 Å². The summed E-state index contributed by atoms with van der Waals surface area (Å²) in [7, 11) is -5.61. The Bertz CT molecular complexity index is 658. The van der Waals surface area contributed by atoms with E-state index in [9.17, 15) is 26.4 Å². The van der Waals surface area contributed by atoms with Crippen LogP contribution in [0, 0.1) is 5.41 Å². The zero-order valence-corrected chi connectivity index (χ0v) is 15.1. The summed E-state index contributed by atoms with van der Waals surface area (Å²) in [5.41, 5.74) is -6.15. The Labute approximate surface area is 144 Å². The average molecular weight is 385 g/mol. The lowest BCUT2D eigenvalue weighted by molar-refractivity contribution is -0.0527. The van der Waals surface area contributed by atoms with Gasteiger partial charge in [-0.25, -0.2) is 4.79 Å². The molecule has 10 heteroatoms. The molecule has 1 fully saturated rings. The zero-order chi connectivity index (χ0) is 19.1. The molecule has 0 saturated heterocycles. The van der Waals surface area contributed by atoms with E-state index >= 15 is 0 Å². The molecule has 0 aliphatic heterocycles. The third-order valence-corrected chi connectivity index (χ3v) is 5.24. The number of hydrogen-bond acceptors (Lipinski definition) is 5. The van der Waals surface area contributed by atoms with Gasteiger partial charge in [0.1, 0.15) is 11.4 Å². The molecule has 1 N–H and O–H groups in total. The lowest BCUT2D eigenvalue weighted by Gasteiger charge is -2.49. The Morgan fingerprint density at radius 2 is 1.88 bits per heavy atom. The molecule has 0 unspecified atom stereocenters. The molecule has 144 valence electrons. The summed E-state index contributed by atoms with van der Waals surface area (Å²) in [6, 6.07) is -0.0513. The van der Waals surface area contributed by atoms with Crippen LogP contribution >= 0.6 is 0 Å². The van der Waals surface area contributed by atoms with Gasteiger partial charge in [0.2, 0.25) is 0 Å². The molecule has 1 amide bonds. The number of carbonyl (C=O) groups excluding carboxylic acids is 1. The van der Waals surface area contributed by atoms with Crippen LogP contribution < -0.4 is 5.32 Å². The topological polar surface area (TPSA) is 81.7 Å². The molecule has 25 heavy (non-hydrogen) atoms. The van der Waals surface area contributed by atoms with Crippen molar-refractivity contribution < 1.29 is 35.3 Å². The summed E-state index contributed by atoms with van der Waals surface area (Å²) in [6.45, 7) is 5.28. The molecular formula is C15H22F3NO5S. The molecule has 0 aromatic heterocycles. The molecule has 6 nitrogen and oxygen atoms in total. The maximum Gasteiger partial charge on any atom is 0.534 e. The maximum atomic E-state index is 12.3. The largest absolute Gasteiger partial charge is 0.534 e. The quantitative estimate of drug-likeness (QED) is 0.593. The van der Waals surface area contributed by atoms with Gasteiger partial charge >= 0.3 is 21.7 Å². The Balaban J connectivity index is 1.83. The number of halogens is 3. The van der Waals surface area contributed by atoms with Crippen molar-refractivity contribution in [1.82, 2.24) is 5.32 Å². The first kappa shape index (κ1) is 19.9. The number of nitrogens with one attached hydrogen (secondary N) is 1. The minimum absolute atomic E-state index is 0.0513. The van der Waals surface area contributed by atoms with Gasteiger partial charge in [0.25, 0.3) is 0 Å². The first-order valence-corrected chi connectivity index (χ1v) is 9.32. The second-order valence-electron chi connectivity index (χ2n) is 7.61. The second-order valence-corrected chi connectivity index (χ2v) is 9.15. The Hall–Kier alpha value is -1.45. The summed E-state index contributed by atoms with van der Waals surface area (Å²) in [6.07, 6.45) is 3.29. The predicted octanol–water partition coefficient (Wildman–Crippen LogP) is 3.59. The lowest BCUT2D eigenvalue weighted by Crippen LogP contribution is -2.52. The third kappa shape index (κ3) is 5.02. The van der Waals surface area contributed by atoms with Gasteiger partial charge < -0.3 is 14.2 Å². The maximum absolute atomic E-state index is 12.3. The van der Waals surface area contributed by atoms with E-state index in [1.807, 2.05) is 0 Å². The molecular weight excluding hydrogens is 363 g/mol. The summed E-state index contributed by atoms with van der Waals surface area (Å²) >= 11 is 0. The van der Waals surface area contributed by atoms with Crippen molar-refractivity contribution in [2.45, 2.75) is 70.0 Å². The van der Waals surface area contributed by atoms with Crippen molar-refractivity contribution in [2.24, 2.45) is 5.41 Å². The van der Waals surface area contributed by atoms with Gasteiger partial charge in [-0.1, -0.05) is 0 Å². The van der Waals surface area contributed by atoms with E-state index in [4.69, 9.17) is 4.74 Å². The van der Waals surface area contributed by atoms with Crippen LogP contribution in [0.5, 0.6) is 0 Å². The summed E-state index contributed by atoms with van der Waals surface area (Å²) < 4.78 is 68.3. The highest BCUT2D eigenvalue weighted by atomic mass is 32.2. The Morgan fingerprint density at radius 1 is 1.28 bits per heavy atom. The van der Waals surface area contributed by atoms with Gasteiger partial charge in [-0.2, -0.15) is 21.6 Å². The van der Waals surface area contributed by atoms with Crippen molar-refractivity contribution in [2.75, 3.05) is 0 Å². The van der Waals surface area contributed by atoms with Gasteiger partial charge in [-0.3, -0.25) is 0 Å². The molecule has 2 aliphatic rings. The number of hydrogen-bond donors (Lipinski definition) is 1. The van der Waals surface area contributed by atoms with Crippen LogP contribution in [0.25, 0.3) is 0 Å². The van der Waals surface area contributed by atoms with Crippen LogP contribution in [0.4, 0.5) is 18.0 Å². The molecule has 1 spiro atoms. The smallest absolute Gasteiger partial charge is 0.444 e. The van der Waals surface area contributed by atoms with E-state index in [2.05, 4.69) is 9.50 Å². The highest BCUT2D eigenvalue weighted by Gasteiger charge is 2.50. The van der Waals surface area contributed by atoms with Crippen molar-refractivity contribution in [3.8, 4) is 0 Å². The number of alkyl halides is 3. The highest BCUT2D eigenvalue weighted by molar-refractivity contribution is 7.87. The fraction of sp³-hybridized carbons (Fsp3) is 0.800. The van der Waals surface area contributed by atoms with Gasteiger partial charge in [-0.15, -0.1) is 0 Å². The van der Waals surface area contributed by atoms with E-state index < -0.39 is 27.3 Å². The predicted molar refractivity (Wildman–Crippen MR) is 82.8 cm³/mol. The molecule has 2 aliphatic carbocycles. The fourth-order valence-electron chi connectivity index (χ4n) is 3.12. The SMILES string of the molecule is CC(C)(C)OC(=O)NC1CC2(CC=C(OS(=O)(=O)C(F)(F)F)CC2)C1. The molecule has 0 atom stereocenters. The number of alkyl carbamates (subject to hydrolysis) is 1. The van der Waals surface area contributed by atoms with Gasteiger partial charge in [0.05, 0.1) is 0 Å². The molecule has 0 aromatic carbocycles. The second kappa shape index (κ2) is 6.37. The summed E-state index contributed by atoms with van der Waals surface area (Å²) in [4.78, 5) is 11.7. The van der Waals surface area contributed by atoms with E-state index in [0.717, 1.165) is 0 Å². The van der Waals surface area contributed by atoms with Gasteiger partial charge in [0, 0.05) is 12.5 Å². The van der Waals surface area contributed by atoms with E-state index in [1.54, 1.807) is 20.8 Å². The number of rotatable bonds is 3. The van der Waals surface area contributed by atoms with Gasteiger partial charge in [-0.05, 0) is 57.9 Å². The average Bonchev–Trinajstić information content (AvgIpc) is 2.35. The molecule has 2 rings (SSSR count). The van der Waals surface area contributed by atoms with Crippen LogP contribution in [0.15, 0.2) is 11.8 Å². The van der Waals surface area contributed by atoms with Crippen molar-refractivity contribution in [3.63, 3.8) is 0 Å². The Kier molecular flexibility index (Phi) is 5.06. The van der Waals surface area contributed by atoms with E-state index in [-0.39, 0.29) is 23.6 Å². The number of ether oxygens (including phenoxy) is 1. The van der Waals surface area contributed by atoms with Crippen molar-refractivity contribution >= 4 is 16.2 Å². The summed E-state index contributed by atoms with van der Waals surface area (Å²) in [5, 5.41) is 2.76. The zero-order valence-electron chi connectivity index (χ0n) is 14.3. The van der Waals surface area contributed by atoms with E-state index in [0.29, 0.717) is 25.7 Å². The number of amides is 1. The molecule has 1 saturated carbocycles. The standard InChI is InChI=1S/C15H22F3NO5S/c1-13(2,3)23-12(20)19-10-8-14(9-10)6-4-11(5-7-14)24-25(21,22)15(16,17)18/h4,10H,5-9H2,1-3H3,(H,19,20). The number of allylic oxidation sites excluding steroid dienone is 2. The number of carbonyl (C=O) groups is 1. The Morgan fingerprint density at radius 3 is 2.32 bits per heavy atom. The van der Waals surface area contributed by atoms with Crippen molar-refractivity contribution in [3.05, 3.63) is 11.8 Å². The van der Waals surface area contributed by atoms with Crippen molar-refractivity contribution in [1.29, 1.82) is 0 Å². The highest BCUT2D eigenvalue weighted by Crippen LogP contribution is 2.51. The van der Waals surface area contributed by atoms with Gasteiger partial charge in [0.15, 0.2) is 0 Å². The van der Waals surface area contributed by atoms with Crippen LogP contribution in [-0.4, -0.2) is 31.7 Å². The van der Waals surface area contributed by atoms with E-state index in [1.165, 1.54) is 6.08 Å². The monoisotopic (exact) mass is 385 g/mol. The van der Waals surface area contributed by atoms with Crippen LogP contribution in [-0.2, 0) is 19.0 Å². The third-order valence-electron chi connectivity index (χ3n) is 4.24. The molecule has 0 radical (unpaired) electrons. The normalized spacial score (nSPS) is 27.3. The molecule has 0 heterocycles. The summed E-state index contributed by atoms with van der Waals surface area (Å²) in [5.74, 6) is -0.175.